The van der Waals surface area contributed by atoms with Crippen LogP contribution in [0.25, 0.3) is 0 Å². The molecule has 0 unspecified atom stereocenters. The highest BCUT2D eigenvalue weighted by atomic mass is 16.5. The van der Waals surface area contributed by atoms with E-state index in [0.29, 0.717) is 18.1 Å². The van der Waals surface area contributed by atoms with E-state index in [1.165, 1.54) is 32.1 Å². The molecule has 3 nitrogen and oxygen atoms in total. The molecule has 116 valence electrons. The van der Waals surface area contributed by atoms with Crippen LogP contribution in [0.4, 0.5) is 0 Å². The molecule has 1 aliphatic rings. The van der Waals surface area contributed by atoms with Gasteiger partial charge in [0, 0.05) is 0 Å². The quantitative estimate of drug-likeness (QED) is 0.605. The van der Waals surface area contributed by atoms with Gasteiger partial charge in [-0.1, -0.05) is 45.1 Å². The average Bonchev–Trinajstić information content (AvgIpc) is 2.52. The van der Waals surface area contributed by atoms with E-state index in [-0.39, 0.29) is 5.75 Å². The lowest BCUT2D eigenvalue weighted by atomic mass is 9.83. The Hall–Kier alpha value is -1.51. The Labute approximate surface area is 127 Å². The van der Waals surface area contributed by atoms with Gasteiger partial charge in [0.2, 0.25) is 0 Å². The Bertz CT molecular complexity index is 462. The molecular weight excluding hydrogens is 264 g/mol. The lowest BCUT2D eigenvalue weighted by Gasteiger charge is -2.22. The molecule has 21 heavy (non-hydrogen) atoms. The van der Waals surface area contributed by atoms with Gasteiger partial charge in [-0.25, -0.2) is 4.79 Å². The third kappa shape index (κ3) is 4.48. The highest BCUT2D eigenvalue weighted by molar-refractivity contribution is 5.92. The van der Waals surface area contributed by atoms with Crippen molar-refractivity contribution in [1.82, 2.24) is 0 Å². The minimum atomic E-state index is -0.402. The summed E-state index contributed by atoms with van der Waals surface area (Å²) in [6, 6.07) is 5.40. The number of benzene rings is 1. The van der Waals surface area contributed by atoms with Gasteiger partial charge in [-0.15, -0.1) is 0 Å². The van der Waals surface area contributed by atoms with E-state index in [1.807, 2.05) is 12.1 Å². The number of carbonyl (C=O) groups is 1. The molecule has 1 saturated carbocycles. The number of ether oxygens (including phenoxy) is 1. The SMILES string of the molecule is CCCCCOC(=O)c1cc(C2CCCCC2)ccc1O. The maximum Gasteiger partial charge on any atom is 0.341 e. The third-order valence-corrected chi connectivity index (χ3v) is 4.30. The van der Waals surface area contributed by atoms with Crippen molar-refractivity contribution in [2.45, 2.75) is 64.2 Å². The van der Waals surface area contributed by atoms with Crippen LogP contribution in [0.15, 0.2) is 18.2 Å². The molecule has 0 amide bonds. The topological polar surface area (TPSA) is 46.5 Å². The van der Waals surface area contributed by atoms with Gasteiger partial charge in [0.05, 0.1) is 6.61 Å². The first-order valence-corrected chi connectivity index (χ1v) is 8.22. The summed E-state index contributed by atoms with van der Waals surface area (Å²) in [4.78, 5) is 12.1. The second-order valence-corrected chi connectivity index (χ2v) is 5.95. The van der Waals surface area contributed by atoms with E-state index in [9.17, 15) is 9.90 Å². The van der Waals surface area contributed by atoms with Crippen LogP contribution < -0.4 is 0 Å². The zero-order chi connectivity index (χ0) is 15.1. The summed E-state index contributed by atoms with van der Waals surface area (Å²) in [5.74, 6) is 0.141. The first-order chi connectivity index (χ1) is 10.2. The molecule has 3 heteroatoms. The smallest absolute Gasteiger partial charge is 0.341 e. The fourth-order valence-corrected chi connectivity index (χ4v) is 3.00. The van der Waals surface area contributed by atoms with Gasteiger partial charge < -0.3 is 9.84 Å². The number of aromatic hydroxyl groups is 1. The second kappa shape index (κ2) is 8.06. The van der Waals surface area contributed by atoms with Crippen LogP contribution in [0.5, 0.6) is 5.75 Å². The lowest BCUT2D eigenvalue weighted by molar-refractivity contribution is 0.0494. The van der Waals surface area contributed by atoms with Crippen molar-refractivity contribution in [3.63, 3.8) is 0 Å². The number of phenolic OH excluding ortho intramolecular Hbond substituents is 1. The summed E-state index contributed by atoms with van der Waals surface area (Å²) in [6.07, 6.45) is 9.20. The summed E-state index contributed by atoms with van der Waals surface area (Å²) < 4.78 is 5.25. The van der Waals surface area contributed by atoms with Crippen LogP contribution in [0.1, 0.15) is 80.1 Å². The monoisotopic (exact) mass is 290 g/mol. The van der Waals surface area contributed by atoms with Crippen molar-refractivity contribution >= 4 is 5.97 Å². The van der Waals surface area contributed by atoms with Gasteiger partial charge in [-0.2, -0.15) is 0 Å². The summed E-state index contributed by atoms with van der Waals surface area (Å²) >= 11 is 0. The van der Waals surface area contributed by atoms with Gasteiger partial charge in [0.25, 0.3) is 0 Å². The van der Waals surface area contributed by atoms with Crippen molar-refractivity contribution in [1.29, 1.82) is 0 Å². The van der Waals surface area contributed by atoms with Crippen molar-refractivity contribution in [3.05, 3.63) is 29.3 Å². The van der Waals surface area contributed by atoms with Crippen LogP contribution in [0.3, 0.4) is 0 Å². The molecule has 2 rings (SSSR count). The molecule has 1 aromatic rings. The zero-order valence-electron chi connectivity index (χ0n) is 12.9. The van der Waals surface area contributed by atoms with E-state index < -0.39 is 5.97 Å². The number of esters is 1. The van der Waals surface area contributed by atoms with Crippen LogP contribution in [0.2, 0.25) is 0 Å². The summed E-state index contributed by atoms with van der Waals surface area (Å²) in [5.41, 5.74) is 1.47. The molecular formula is C18H26O3. The third-order valence-electron chi connectivity index (χ3n) is 4.30. The van der Waals surface area contributed by atoms with Crippen molar-refractivity contribution in [2.24, 2.45) is 0 Å². The first-order valence-electron chi connectivity index (χ1n) is 8.22. The van der Waals surface area contributed by atoms with Gasteiger partial charge in [0.1, 0.15) is 11.3 Å². The first kappa shape index (κ1) is 15.9. The molecule has 0 atom stereocenters. The fourth-order valence-electron chi connectivity index (χ4n) is 3.00. The molecule has 1 N–H and O–H groups in total. The average molecular weight is 290 g/mol. The summed E-state index contributed by atoms with van der Waals surface area (Å²) in [5, 5.41) is 9.91. The highest BCUT2D eigenvalue weighted by Gasteiger charge is 2.19. The number of unbranched alkanes of at least 4 members (excludes halogenated alkanes) is 2. The molecule has 0 saturated heterocycles. The van der Waals surface area contributed by atoms with Crippen LogP contribution in [-0.2, 0) is 4.74 Å². The number of phenols is 1. The van der Waals surface area contributed by atoms with Gasteiger partial charge >= 0.3 is 5.97 Å². The molecule has 0 aliphatic heterocycles. The standard InChI is InChI=1S/C18H26O3/c1-2-3-7-12-21-18(20)16-13-15(10-11-17(16)19)14-8-5-4-6-9-14/h10-11,13-14,19H,2-9,12H2,1H3. The summed E-state index contributed by atoms with van der Waals surface area (Å²) in [6.45, 7) is 2.54. The van der Waals surface area contributed by atoms with Gasteiger partial charge in [-0.05, 0) is 42.9 Å². The number of hydrogen-bond donors (Lipinski definition) is 1. The van der Waals surface area contributed by atoms with E-state index in [2.05, 4.69) is 6.92 Å². The van der Waals surface area contributed by atoms with E-state index >= 15 is 0 Å². The second-order valence-electron chi connectivity index (χ2n) is 5.95. The Morgan fingerprint density at radius 3 is 2.71 bits per heavy atom. The molecule has 1 fully saturated rings. The molecule has 1 aliphatic carbocycles. The van der Waals surface area contributed by atoms with Crippen molar-refractivity contribution in [2.75, 3.05) is 6.61 Å². The Morgan fingerprint density at radius 2 is 2.00 bits per heavy atom. The largest absolute Gasteiger partial charge is 0.507 e. The molecule has 0 heterocycles. The van der Waals surface area contributed by atoms with Crippen LogP contribution >= 0.6 is 0 Å². The number of rotatable bonds is 6. The molecule has 0 radical (unpaired) electrons. The van der Waals surface area contributed by atoms with E-state index in [0.717, 1.165) is 24.8 Å². The Balaban J connectivity index is 2.02. The zero-order valence-corrected chi connectivity index (χ0v) is 12.9. The van der Waals surface area contributed by atoms with Crippen LogP contribution in [0, 0.1) is 0 Å². The van der Waals surface area contributed by atoms with Gasteiger partial charge in [-0.3, -0.25) is 0 Å². The maximum absolute atomic E-state index is 12.1. The lowest BCUT2D eigenvalue weighted by Crippen LogP contribution is -2.09. The molecule has 1 aromatic carbocycles. The fraction of sp³-hybridized carbons (Fsp3) is 0.611. The molecule has 0 aromatic heterocycles. The predicted octanol–water partition coefficient (Wildman–Crippen LogP) is 4.79. The maximum atomic E-state index is 12.1. The predicted molar refractivity (Wildman–Crippen MR) is 83.7 cm³/mol. The van der Waals surface area contributed by atoms with Crippen LogP contribution in [-0.4, -0.2) is 17.7 Å². The van der Waals surface area contributed by atoms with Gasteiger partial charge in [0.15, 0.2) is 0 Å². The highest BCUT2D eigenvalue weighted by Crippen LogP contribution is 2.34. The summed E-state index contributed by atoms with van der Waals surface area (Å²) in [7, 11) is 0. The molecule has 0 spiro atoms. The number of hydrogen-bond acceptors (Lipinski definition) is 3. The van der Waals surface area contributed by atoms with E-state index in [4.69, 9.17) is 4.74 Å². The minimum Gasteiger partial charge on any atom is -0.507 e. The van der Waals surface area contributed by atoms with Crippen molar-refractivity contribution in [3.8, 4) is 5.75 Å². The Kier molecular flexibility index (Phi) is 6.09. The van der Waals surface area contributed by atoms with Crippen molar-refractivity contribution < 1.29 is 14.6 Å². The number of carbonyl (C=O) groups excluding carboxylic acids is 1. The minimum absolute atomic E-state index is 0.0232. The Morgan fingerprint density at radius 1 is 1.24 bits per heavy atom. The normalized spacial score (nSPS) is 15.9. The molecule has 0 bridgehead atoms. The van der Waals surface area contributed by atoms with E-state index in [1.54, 1.807) is 6.07 Å².